The maximum atomic E-state index is 6.93. The van der Waals surface area contributed by atoms with Crippen LogP contribution in [0.4, 0.5) is 0 Å². The van der Waals surface area contributed by atoms with Crippen molar-refractivity contribution in [1.82, 2.24) is 0 Å². The highest BCUT2D eigenvalue weighted by molar-refractivity contribution is 5.31. The third-order valence-corrected chi connectivity index (χ3v) is 7.88. The van der Waals surface area contributed by atoms with Gasteiger partial charge in [-0.2, -0.15) is 0 Å². The molecule has 25 heavy (non-hydrogen) atoms. The number of unbranched alkanes of at least 4 members (excludes halogenated alkanes) is 7. The van der Waals surface area contributed by atoms with Crippen molar-refractivity contribution in [2.24, 2.45) is 11.3 Å². The lowest BCUT2D eigenvalue weighted by molar-refractivity contribution is -0.132. The molecule has 1 heterocycles. The molecule has 1 nitrogen and oxygen atoms in total. The summed E-state index contributed by atoms with van der Waals surface area (Å²) in [6.45, 7) is 9.53. The molecule has 2 bridgehead atoms. The molecule has 1 aliphatic heterocycles. The summed E-state index contributed by atoms with van der Waals surface area (Å²) < 4.78 is 6.93. The number of hydrogen-bond donors (Lipinski definition) is 0. The fourth-order valence-corrected chi connectivity index (χ4v) is 6.08. The van der Waals surface area contributed by atoms with E-state index < -0.39 is 0 Å². The molecule has 1 saturated carbocycles. The van der Waals surface area contributed by atoms with Gasteiger partial charge in [-0.05, 0) is 70.3 Å². The van der Waals surface area contributed by atoms with Crippen LogP contribution >= 0.6 is 0 Å². The summed E-state index contributed by atoms with van der Waals surface area (Å²) in [5, 5.41) is 0. The lowest BCUT2D eigenvalue weighted by Gasteiger charge is -2.52. The molecule has 1 saturated heterocycles. The molecule has 0 aromatic carbocycles. The minimum atomic E-state index is 0.0769. The molecule has 0 unspecified atom stereocenters. The average Bonchev–Trinajstić information content (AvgIpc) is 2.80. The number of rotatable bonds is 9. The van der Waals surface area contributed by atoms with E-state index in [9.17, 15) is 0 Å². The van der Waals surface area contributed by atoms with Crippen molar-refractivity contribution in [2.75, 3.05) is 0 Å². The first kappa shape index (κ1) is 19.5. The number of fused-ring (bicyclic) bond motifs is 1. The fraction of sp³-hybridized carbons (Fsp3) is 0.917. The van der Waals surface area contributed by atoms with Crippen LogP contribution in [-0.2, 0) is 4.74 Å². The Balaban J connectivity index is 1.54. The molecule has 144 valence electrons. The van der Waals surface area contributed by atoms with Gasteiger partial charge < -0.3 is 4.74 Å². The smallest absolute Gasteiger partial charge is 0.0955 e. The van der Waals surface area contributed by atoms with E-state index in [4.69, 9.17) is 4.74 Å². The molecule has 3 aliphatic rings. The Morgan fingerprint density at radius 2 is 1.64 bits per heavy atom. The molecular weight excluding hydrogens is 304 g/mol. The van der Waals surface area contributed by atoms with E-state index in [-0.39, 0.29) is 11.2 Å². The molecule has 3 atom stereocenters. The number of allylic oxidation sites excluding steroid dienone is 1. The minimum absolute atomic E-state index is 0.0769. The molecule has 2 aliphatic carbocycles. The Hall–Kier alpha value is -0.300. The first-order valence-corrected chi connectivity index (χ1v) is 11.3. The highest BCUT2D eigenvalue weighted by atomic mass is 16.5. The highest BCUT2D eigenvalue weighted by Crippen LogP contribution is 2.65. The largest absolute Gasteiger partial charge is 0.364 e. The summed E-state index contributed by atoms with van der Waals surface area (Å²) in [5.41, 5.74) is 2.23. The molecular formula is C24H42O. The van der Waals surface area contributed by atoms with E-state index in [0.29, 0.717) is 5.41 Å². The van der Waals surface area contributed by atoms with Crippen LogP contribution in [0.25, 0.3) is 0 Å². The average molecular weight is 347 g/mol. The van der Waals surface area contributed by atoms with Crippen molar-refractivity contribution < 1.29 is 4.74 Å². The SMILES string of the molecule is CCCCCCCCCCC1=CCC[C@@]2(C)CC[C@@H]3C[C@]12OC3(C)C. The molecule has 3 rings (SSSR count). The van der Waals surface area contributed by atoms with E-state index in [2.05, 4.69) is 33.8 Å². The standard InChI is InChI=1S/C24H42O/c1-5-6-7-8-9-10-11-12-14-20-15-13-17-23(4)18-16-21-19-24(20,23)25-22(21,2)3/h15,21H,5-14,16-19H2,1-4H3/t21-,23+,24+/m1/s1. The van der Waals surface area contributed by atoms with Crippen molar-refractivity contribution >= 4 is 0 Å². The maximum absolute atomic E-state index is 6.93. The molecule has 0 radical (unpaired) electrons. The van der Waals surface area contributed by atoms with Crippen LogP contribution in [0.5, 0.6) is 0 Å². The van der Waals surface area contributed by atoms with E-state index in [1.807, 2.05) is 0 Å². The normalized spacial score (nSPS) is 36.2. The van der Waals surface area contributed by atoms with Crippen LogP contribution in [0.1, 0.15) is 118 Å². The van der Waals surface area contributed by atoms with Gasteiger partial charge in [0.15, 0.2) is 0 Å². The van der Waals surface area contributed by atoms with Gasteiger partial charge in [-0.1, -0.05) is 64.9 Å². The summed E-state index contributed by atoms with van der Waals surface area (Å²) in [6.07, 6.45) is 21.8. The quantitative estimate of drug-likeness (QED) is 0.308. The Kier molecular flexibility index (Phi) is 6.03. The summed E-state index contributed by atoms with van der Waals surface area (Å²) in [6, 6.07) is 0. The number of ether oxygens (including phenoxy) is 1. The zero-order valence-corrected chi connectivity index (χ0v) is 17.5. The predicted octanol–water partition coefficient (Wildman–Crippen LogP) is 7.59. The second-order valence-corrected chi connectivity index (χ2v) is 10.0. The van der Waals surface area contributed by atoms with Crippen LogP contribution in [0.15, 0.2) is 11.6 Å². The van der Waals surface area contributed by atoms with Crippen LogP contribution in [-0.4, -0.2) is 11.2 Å². The molecule has 0 N–H and O–H groups in total. The van der Waals surface area contributed by atoms with Crippen molar-refractivity contribution in [3.8, 4) is 0 Å². The van der Waals surface area contributed by atoms with Crippen LogP contribution in [0.2, 0.25) is 0 Å². The van der Waals surface area contributed by atoms with Gasteiger partial charge in [0.25, 0.3) is 0 Å². The molecule has 0 aromatic heterocycles. The van der Waals surface area contributed by atoms with Crippen LogP contribution < -0.4 is 0 Å². The van der Waals surface area contributed by atoms with Gasteiger partial charge in [0.05, 0.1) is 11.2 Å². The topological polar surface area (TPSA) is 9.23 Å². The fourth-order valence-electron chi connectivity index (χ4n) is 6.08. The van der Waals surface area contributed by atoms with Gasteiger partial charge in [-0.3, -0.25) is 0 Å². The minimum Gasteiger partial charge on any atom is -0.364 e. The third-order valence-electron chi connectivity index (χ3n) is 7.88. The van der Waals surface area contributed by atoms with Gasteiger partial charge in [0, 0.05) is 5.41 Å². The predicted molar refractivity (Wildman–Crippen MR) is 108 cm³/mol. The van der Waals surface area contributed by atoms with Gasteiger partial charge >= 0.3 is 0 Å². The van der Waals surface area contributed by atoms with Gasteiger partial charge in [0.2, 0.25) is 0 Å². The zero-order valence-electron chi connectivity index (χ0n) is 17.5. The number of hydrogen-bond acceptors (Lipinski definition) is 1. The summed E-state index contributed by atoms with van der Waals surface area (Å²) >= 11 is 0. The van der Waals surface area contributed by atoms with Gasteiger partial charge in [-0.15, -0.1) is 0 Å². The molecule has 1 heteroatoms. The first-order chi connectivity index (χ1) is 11.9. The summed E-state index contributed by atoms with van der Waals surface area (Å²) in [4.78, 5) is 0. The Labute approximate surface area is 157 Å². The highest BCUT2D eigenvalue weighted by Gasteiger charge is 2.64. The van der Waals surface area contributed by atoms with E-state index in [1.165, 1.54) is 89.9 Å². The van der Waals surface area contributed by atoms with Gasteiger partial charge in [-0.25, -0.2) is 0 Å². The van der Waals surface area contributed by atoms with Crippen molar-refractivity contribution in [1.29, 1.82) is 0 Å². The lowest BCUT2D eigenvalue weighted by Crippen LogP contribution is -2.51. The van der Waals surface area contributed by atoms with E-state index in [0.717, 1.165) is 5.92 Å². The van der Waals surface area contributed by atoms with Gasteiger partial charge in [0.1, 0.15) is 0 Å². The lowest BCUT2D eigenvalue weighted by atomic mass is 9.55. The Bertz CT molecular complexity index is 476. The first-order valence-electron chi connectivity index (χ1n) is 11.3. The van der Waals surface area contributed by atoms with Crippen molar-refractivity contribution in [3.05, 3.63) is 11.6 Å². The monoisotopic (exact) mass is 346 g/mol. The molecule has 0 amide bonds. The van der Waals surface area contributed by atoms with Crippen LogP contribution in [0, 0.1) is 11.3 Å². The molecule has 2 fully saturated rings. The molecule has 0 aromatic rings. The maximum Gasteiger partial charge on any atom is 0.0955 e. The zero-order chi connectivity index (χ0) is 18.0. The van der Waals surface area contributed by atoms with Crippen LogP contribution in [0.3, 0.4) is 0 Å². The second-order valence-electron chi connectivity index (χ2n) is 10.0. The summed E-state index contributed by atoms with van der Waals surface area (Å²) in [5.74, 6) is 0.764. The summed E-state index contributed by atoms with van der Waals surface area (Å²) in [7, 11) is 0. The van der Waals surface area contributed by atoms with E-state index >= 15 is 0 Å². The van der Waals surface area contributed by atoms with Crippen molar-refractivity contribution in [3.63, 3.8) is 0 Å². The molecule has 1 spiro atoms. The van der Waals surface area contributed by atoms with E-state index in [1.54, 1.807) is 5.57 Å². The third kappa shape index (κ3) is 3.73. The Morgan fingerprint density at radius 3 is 2.36 bits per heavy atom. The second kappa shape index (κ2) is 7.75. The Morgan fingerprint density at radius 1 is 0.960 bits per heavy atom. The van der Waals surface area contributed by atoms with Crippen molar-refractivity contribution in [2.45, 2.75) is 129 Å².